The van der Waals surface area contributed by atoms with E-state index < -0.39 is 40.9 Å². The molecule has 2 amide bonds. The lowest BCUT2D eigenvalue weighted by Gasteiger charge is -2.14. The minimum absolute atomic E-state index is 0.0821. The molecular weight excluding hydrogens is 448 g/mol. The van der Waals surface area contributed by atoms with E-state index in [1.165, 1.54) is 38.4 Å². The van der Waals surface area contributed by atoms with Gasteiger partial charge in [0.05, 0.1) is 7.11 Å². The number of amides is 2. The highest BCUT2D eigenvalue weighted by atomic mass is 19.4. The Morgan fingerprint density at radius 2 is 1.73 bits per heavy atom. The molecule has 0 spiro atoms. The predicted octanol–water partition coefficient (Wildman–Crippen LogP) is 4.05. The number of nitrogens with zero attached hydrogens (tertiary/aromatic N) is 2. The van der Waals surface area contributed by atoms with Gasteiger partial charge < -0.3 is 20.1 Å². The van der Waals surface area contributed by atoms with E-state index in [9.17, 15) is 27.2 Å². The number of rotatable bonds is 6. The first-order chi connectivity index (χ1) is 15.6. The van der Waals surface area contributed by atoms with Crippen molar-refractivity contribution in [2.45, 2.75) is 6.18 Å². The predicted molar refractivity (Wildman–Crippen MR) is 108 cm³/mol. The molecule has 8 nitrogen and oxygen atoms in total. The van der Waals surface area contributed by atoms with Gasteiger partial charge in [0.2, 0.25) is 0 Å². The van der Waals surface area contributed by atoms with E-state index in [1.54, 1.807) is 0 Å². The molecule has 0 aliphatic heterocycles. The van der Waals surface area contributed by atoms with Gasteiger partial charge in [0, 0.05) is 24.4 Å². The number of nitrogens with one attached hydrogen (secondary N) is 2. The minimum atomic E-state index is -4.88. The summed E-state index contributed by atoms with van der Waals surface area (Å²) in [5, 5.41) is 11.3. The largest absolute Gasteiger partial charge is 0.493 e. The molecule has 0 atom stereocenters. The van der Waals surface area contributed by atoms with Gasteiger partial charge in [0.1, 0.15) is 11.4 Å². The number of benzene rings is 2. The number of alkyl halides is 3. The molecule has 0 aliphatic carbocycles. The van der Waals surface area contributed by atoms with E-state index >= 15 is 0 Å². The Hall–Kier alpha value is -4.22. The summed E-state index contributed by atoms with van der Waals surface area (Å²) < 4.78 is 63.4. The fourth-order valence-corrected chi connectivity index (χ4v) is 2.67. The van der Waals surface area contributed by atoms with Crippen molar-refractivity contribution in [3.05, 3.63) is 71.2 Å². The number of carbonyl (C=O) groups is 2. The third-order valence-electron chi connectivity index (χ3n) is 4.24. The maximum Gasteiger partial charge on any atom is 0.435 e. The zero-order valence-electron chi connectivity index (χ0n) is 17.2. The van der Waals surface area contributed by atoms with Crippen LogP contribution in [0, 0.1) is 5.82 Å². The van der Waals surface area contributed by atoms with Crippen LogP contribution >= 0.6 is 0 Å². The van der Waals surface area contributed by atoms with Crippen molar-refractivity contribution in [1.29, 1.82) is 0 Å². The summed E-state index contributed by atoms with van der Waals surface area (Å²) in [6.07, 6.45) is -4.88. The first-order valence-electron chi connectivity index (χ1n) is 9.22. The summed E-state index contributed by atoms with van der Waals surface area (Å²) in [5.74, 6) is -2.85. The maximum atomic E-state index is 13.4. The second-order valence-corrected chi connectivity index (χ2v) is 6.46. The normalized spacial score (nSPS) is 11.0. The van der Waals surface area contributed by atoms with Crippen molar-refractivity contribution in [2.24, 2.45) is 0 Å². The molecule has 33 heavy (non-hydrogen) atoms. The average molecular weight is 464 g/mol. The van der Waals surface area contributed by atoms with Crippen LogP contribution in [0.15, 0.2) is 48.5 Å². The molecule has 2 N–H and O–H groups in total. The van der Waals surface area contributed by atoms with Gasteiger partial charge >= 0.3 is 6.18 Å². The lowest BCUT2D eigenvalue weighted by atomic mass is 10.1. The molecule has 0 saturated heterocycles. The summed E-state index contributed by atoms with van der Waals surface area (Å²) in [6.45, 7) is 0. The van der Waals surface area contributed by atoms with Crippen molar-refractivity contribution in [1.82, 2.24) is 15.5 Å². The highest BCUT2D eigenvalue weighted by molar-refractivity contribution is 6.06. The smallest absolute Gasteiger partial charge is 0.435 e. The van der Waals surface area contributed by atoms with Crippen molar-refractivity contribution in [3.8, 4) is 17.4 Å². The molecular formula is C21H16F4N4O4. The molecule has 2 aromatic carbocycles. The summed E-state index contributed by atoms with van der Waals surface area (Å²) in [5.41, 5.74) is -1.68. The van der Waals surface area contributed by atoms with Crippen LogP contribution in [-0.4, -0.2) is 36.2 Å². The summed E-state index contributed by atoms with van der Waals surface area (Å²) >= 11 is 0. The van der Waals surface area contributed by atoms with Gasteiger partial charge in [-0.25, -0.2) is 4.39 Å². The molecule has 172 valence electrons. The molecule has 3 rings (SSSR count). The minimum Gasteiger partial charge on any atom is -0.493 e. The number of aromatic nitrogens is 2. The Kier molecular flexibility index (Phi) is 6.75. The number of anilines is 1. The van der Waals surface area contributed by atoms with E-state index in [0.29, 0.717) is 6.07 Å². The first-order valence-corrected chi connectivity index (χ1v) is 9.22. The van der Waals surface area contributed by atoms with Gasteiger partial charge in [0.15, 0.2) is 17.2 Å². The number of carbonyl (C=O) groups excluding carboxylic acids is 2. The van der Waals surface area contributed by atoms with Crippen molar-refractivity contribution in [3.63, 3.8) is 0 Å². The van der Waals surface area contributed by atoms with Gasteiger partial charge in [-0.15, -0.1) is 10.2 Å². The molecule has 1 heterocycles. The molecule has 0 aliphatic rings. The molecule has 0 fully saturated rings. The van der Waals surface area contributed by atoms with Crippen LogP contribution in [0.4, 0.5) is 23.2 Å². The SMILES string of the molecule is CNC(=O)c1cccc(NC(=O)c2cc(C(F)(F)F)nnc2Oc2ccc(F)cc2OC)c1. The van der Waals surface area contributed by atoms with Crippen LogP contribution < -0.4 is 20.1 Å². The van der Waals surface area contributed by atoms with Gasteiger partial charge in [-0.3, -0.25) is 9.59 Å². The lowest BCUT2D eigenvalue weighted by molar-refractivity contribution is -0.141. The first kappa shape index (κ1) is 23.4. The second kappa shape index (κ2) is 9.51. The van der Waals surface area contributed by atoms with Crippen molar-refractivity contribution in [2.75, 3.05) is 19.5 Å². The molecule has 0 unspecified atom stereocenters. The summed E-state index contributed by atoms with van der Waals surface area (Å²) in [7, 11) is 2.65. The number of methoxy groups -OCH3 is 1. The second-order valence-electron chi connectivity index (χ2n) is 6.46. The van der Waals surface area contributed by atoms with Gasteiger partial charge in [-0.1, -0.05) is 6.07 Å². The fourth-order valence-electron chi connectivity index (χ4n) is 2.67. The quantitative estimate of drug-likeness (QED) is 0.534. The van der Waals surface area contributed by atoms with E-state index in [-0.39, 0.29) is 22.7 Å². The molecule has 3 aromatic rings. The maximum absolute atomic E-state index is 13.4. The number of ether oxygens (including phenoxy) is 2. The zero-order chi connectivity index (χ0) is 24.2. The van der Waals surface area contributed by atoms with Gasteiger partial charge in [0.25, 0.3) is 17.7 Å². The van der Waals surface area contributed by atoms with Crippen LogP contribution in [0.1, 0.15) is 26.4 Å². The van der Waals surface area contributed by atoms with Crippen LogP contribution in [0.25, 0.3) is 0 Å². The molecule has 12 heteroatoms. The molecule has 1 aromatic heterocycles. The Balaban J connectivity index is 2.00. The van der Waals surface area contributed by atoms with Crippen LogP contribution in [0.2, 0.25) is 0 Å². The van der Waals surface area contributed by atoms with Gasteiger partial charge in [-0.2, -0.15) is 13.2 Å². The highest BCUT2D eigenvalue weighted by Gasteiger charge is 2.35. The topological polar surface area (TPSA) is 102 Å². The van der Waals surface area contributed by atoms with Crippen LogP contribution in [0.5, 0.6) is 17.4 Å². The Labute approximate surface area is 184 Å². The monoisotopic (exact) mass is 464 g/mol. The third kappa shape index (κ3) is 5.53. The Morgan fingerprint density at radius 3 is 2.39 bits per heavy atom. The number of hydrogen-bond donors (Lipinski definition) is 2. The molecule has 0 bridgehead atoms. The Morgan fingerprint density at radius 1 is 0.970 bits per heavy atom. The van der Waals surface area contributed by atoms with Gasteiger partial charge in [-0.05, 0) is 36.4 Å². The summed E-state index contributed by atoms with van der Waals surface area (Å²) in [6, 6.07) is 9.37. The van der Waals surface area contributed by atoms with E-state index in [0.717, 1.165) is 18.2 Å². The summed E-state index contributed by atoms with van der Waals surface area (Å²) in [4.78, 5) is 24.6. The van der Waals surface area contributed by atoms with Crippen LogP contribution in [-0.2, 0) is 6.18 Å². The van der Waals surface area contributed by atoms with Crippen molar-refractivity contribution >= 4 is 17.5 Å². The third-order valence-corrected chi connectivity index (χ3v) is 4.24. The van der Waals surface area contributed by atoms with Crippen molar-refractivity contribution < 1.29 is 36.6 Å². The van der Waals surface area contributed by atoms with E-state index in [1.807, 2.05) is 0 Å². The van der Waals surface area contributed by atoms with E-state index in [4.69, 9.17) is 9.47 Å². The Bertz CT molecular complexity index is 1200. The number of halogens is 4. The fraction of sp³-hybridized carbons (Fsp3) is 0.143. The zero-order valence-corrected chi connectivity index (χ0v) is 17.2. The van der Waals surface area contributed by atoms with Crippen LogP contribution in [0.3, 0.4) is 0 Å². The standard InChI is InChI=1S/C21H16F4N4O4/c1-26-18(30)11-4-3-5-13(8-11)27-19(31)14-10-17(21(23,24)25)28-29-20(14)33-15-7-6-12(22)9-16(15)32-2/h3-10H,1-2H3,(H,26,30)(H,27,31). The molecule has 0 radical (unpaired) electrons. The lowest BCUT2D eigenvalue weighted by Crippen LogP contribution is -2.19. The average Bonchev–Trinajstić information content (AvgIpc) is 2.79. The van der Waals surface area contributed by atoms with E-state index in [2.05, 4.69) is 20.8 Å². The highest BCUT2D eigenvalue weighted by Crippen LogP contribution is 2.35. The molecule has 0 saturated carbocycles. The number of hydrogen-bond acceptors (Lipinski definition) is 6.